The number of halogens is 1. The van der Waals surface area contributed by atoms with E-state index in [1.54, 1.807) is 30.3 Å². The number of fused-ring (bicyclic) bond motifs is 1. The molecule has 1 aliphatic heterocycles. The molecule has 2 aromatic rings. The monoisotopic (exact) mass is 346 g/mol. The average Bonchev–Trinajstić information content (AvgIpc) is 3.02. The molecule has 3 rings (SSSR count). The minimum absolute atomic E-state index is 0.138. The molecule has 0 aromatic heterocycles. The molecule has 0 atom stereocenters. The van der Waals surface area contributed by atoms with Gasteiger partial charge >= 0.3 is 0 Å². The van der Waals surface area contributed by atoms with E-state index < -0.39 is 0 Å². The molecule has 0 bridgehead atoms. The number of hydrogen-bond donors (Lipinski definition) is 1. The van der Waals surface area contributed by atoms with Gasteiger partial charge in [0.25, 0.3) is 5.91 Å². The number of ether oxygens (including phenoxy) is 3. The second-order valence-electron chi connectivity index (χ2n) is 5.10. The molecule has 1 heterocycles. The fraction of sp³-hybridized carbons (Fsp3) is 0.176. The third-order valence-corrected chi connectivity index (χ3v) is 3.53. The fourth-order valence-corrected chi connectivity index (χ4v) is 2.35. The molecule has 2 aromatic carbocycles. The van der Waals surface area contributed by atoms with E-state index in [0.717, 1.165) is 11.1 Å². The Hall–Kier alpha value is -2.73. The summed E-state index contributed by atoms with van der Waals surface area (Å²) in [6.45, 7) is 1.94. The number of hydrazone groups is 1. The second-order valence-corrected chi connectivity index (χ2v) is 5.54. The highest BCUT2D eigenvalue weighted by Crippen LogP contribution is 2.31. The van der Waals surface area contributed by atoms with E-state index in [9.17, 15) is 4.79 Å². The minimum atomic E-state index is -0.360. The van der Waals surface area contributed by atoms with Crippen molar-refractivity contribution in [1.82, 2.24) is 5.43 Å². The summed E-state index contributed by atoms with van der Waals surface area (Å²) < 4.78 is 15.9. The Labute approximate surface area is 144 Å². The van der Waals surface area contributed by atoms with Crippen molar-refractivity contribution < 1.29 is 19.0 Å². The number of rotatable bonds is 5. The molecule has 1 aliphatic rings. The topological polar surface area (TPSA) is 69.2 Å². The van der Waals surface area contributed by atoms with Crippen molar-refractivity contribution in [3.05, 3.63) is 52.5 Å². The smallest absolute Gasteiger partial charge is 0.277 e. The predicted molar refractivity (Wildman–Crippen MR) is 90.0 cm³/mol. The van der Waals surface area contributed by atoms with E-state index in [-0.39, 0.29) is 19.3 Å². The second kappa shape index (κ2) is 7.23. The van der Waals surface area contributed by atoms with E-state index in [4.69, 9.17) is 25.8 Å². The Kier molecular flexibility index (Phi) is 4.86. The summed E-state index contributed by atoms with van der Waals surface area (Å²) in [6, 6.07) is 10.6. The van der Waals surface area contributed by atoms with E-state index in [1.807, 2.05) is 13.0 Å². The molecule has 7 heteroatoms. The van der Waals surface area contributed by atoms with Crippen LogP contribution >= 0.6 is 11.6 Å². The maximum absolute atomic E-state index is 11.8. The zero-order valence-corrected chi connectivity index (χ0v) is 13.7. The molecule has 0 saturated heterocycles. The normalized spacial score (nSPS) is 12.4. The van der Waals surface area contributed by atoms with Crippen LogP contribution in [0.4, 0.5) is 0 Å². The first-order valence-electron chi connectivity index (χ1n) is 7.22. The van der Waals surface area contributed by atoms with Crippen molar-refractivity contribution in [2.24, 2.45) is 5.10 Å². The molecule has 0 spiro atoms. The van der Waals surface area contributed by atoms with E-state index in [1.165, 1.54) is 6.21 Å². The Balaban J connectivity index is 1.50. The molecule has 0 fully saturated rings. The van der Waals surface area contributed by atoms with E-state index >= 15 is 0 Å². The molecule has 124 valence electrons. The number of nitrogens with one attached hydrogen (secondary N) is 1. The van der Waals surface area contributed by atoms with Crippen molar-refractivity contribution in [3.8, 4) is 17.2 Å². The lowest BCUT2D eigenvalue weighted by atomic mass is 10.2. The standard InChI is InChI=1S/C17H15ClN2O4/c1-11-6-13(18)3-5-14(11)22-9-17(21)20-19-8-12-2-4-15-16(7-12)24-10-23-15/h2-8H,9-10H2,1H3,(H,20,21)/b19-8+. The lowest BCUT2D eigenvalue weighted by Crippen LogP contribution is -2.24. The molecule has 6 nitrogen and oxygen atoms in total. The maximum Gasteiger partial charge on any atom is 0.277 e. The van der Waals surface area contributed by atoms with Crippen LogP contribution in [0, 0.1) is 6.92 Å². The molecule has 1 amide bonds. The van der Waals surface area contributed by atoms with Crippen LogP contribution in [-0.2, 0) is 4.79 Å². The van der Waals surface area contributed by atoms with Crippen molar-refractivity contribution in [3.63, 3.8) is 0 Å². The summed E-state index contributed by atoms with van der Waals surface area (Å²) in [5.41, 5.74) is 4.05. The van der Waals surface area contributed by atoms with Crippen LogP contribution in [0.5, 0.6) is 17.2 Å². The highest BCUT2D eigenvalue weighted by Gasteiger charge is 2.12. The summed E-state index contributed by atoms with van der Waals surface area (Å²) >= 11 is 5.87. The highest BCUT2D eigenvalue weighted by molar-refractivity contribution is 6.30. The summed E-state index contributed by atoms with van der Waals surface area (Å²) in [4.78, 5) is 11.8. The van der Waals surface area contributed by atoms with E-state index in [2.05, 4.69) is 10.5 Å². The fourth-order valence-electron chi connectivity index (χ4n) is 2.12. The minimum Gasteiger partial charge on any atom is -0.483 e. The van der Waals surface area contributed by atoms with Gasteiger partial charge in [0, 0.05) is 5.02 Å². The van der Waals surface area contributed by atoms with Crippen LogP contribution in [0.1, 0.15) is 11.1 Å². The van der Waals surface area contributed by atoms with Crippen LogP contribution in [-0.4, -0.2) is 25.5 Å². The quantitative estimate of drug-likeness (QED) is 0.667. The summed E-state index contributed by atoms with van der Waals surface area (Å²) in [5, 5.41) is 4.52. The number of aryl methyl sites for hydroxylation is 1. The van der Waals surface area contributed by atoms with E-state index in [0.29, 0.717) is 22.3 Å². The van der Waals surface area contributed by atoms with Crippen LogP contribution in [0.3, 0.4) is 0 Å². The number of amides is 1. The van der Waals surface area contributed by atoms with Crippen LogP contribution in [0.15, 0.2) is 41.5 Å². The van der Waals surface area contributed by atoms with Crippen molar-refractivity contribution >= 4 is 23.7 Å². The van der Waals surface area contributed by atoms with Crippen molar-refractivity contribution in [1.29, 1.82) is 0 Å². The lowest BCUT2D eigenvalue weighted by Gasteiger charge is -2.08. The lowest BCUT2D eigenvalue weighted by molar-refractivity contribution is -0.123. The van der Waals surface area contributed by atoms with Crippen molar-refractivity contribution in [2.45, 2.75) is 6.92 Å². The van der Waals surface area contributed by atoms with Crippen molar-refractivity contribution in [2.75, 3.05) is 13.4 Å². The van der Waals surface area contributed by atoms with Gasteiger partial charge < -0.3 is 14.2 Å². The number of benzene rings is 2. The molecule has 1 N–H and O–H groups in total. The molecular formula is C17H15ClN2O4. The average molecular weight is 347 g/mol. The van der Waals surface area contributed by atoms with Gasteiger partial charge in [-0.2, -0.15) is 5.10 Å². The number of carbonyl (C=O) groups excluding carboxylic acids is 1. The molecular weight excluding hydrogens is 332 g/mol. The Morgan fingerprint density at radius 1 is 1.29 bits per heavy atom. The maximum atomic E-state index is 11.8. The molecule has 0 radical (unpaired) electrons. The van der Waals surface area contributed by atoms with Gasteiger partial charge in [-0.15, -0.1) is 0 Å². The summed E-state index contributed by atoms with van der Waals surface area (Å²) in [7, 11) is 0. The summed E-state index contributed by atoms with van der Waals surface area (Å²) in [6.07, 6.45) is 1.52. The van der Waals surface area contributed by atoms with Gasteiger partial charge in [0.2, 0.25) is 6.79 Å². The Morgan fingerprint density at radius 2 is 2.12 bits per heavy atom. The third-order valence-electron chi connectivity index (χ3n) is 3.30. The Morgan fingerprint density at radius 3 is 2.96 bits per heavy atom. The van der Waals surface area contributed by atoms with Gasteiger partial charge in [0.15, 0.2) is 18.1 Å². The van der Waals surface area contributed by atoms with Gasteiger partial charge in [-0.3, -0.25) is 4.79 Å². The van der Waals surface area contributed by atoms with Crippen LogP contribution < -0.4 is 19.6 Å². The number of nitrogens with zero attached hydrogens (tertiary/aromatic N) is 1. The van der Waals surface area contributed by atoms with Gasteiger partial charge in [0.1, 0.15) is 5.75 Å². The molecule has 0 saturated carbocycles. The van der Waals surface area contributed by atoms with Crippen LogP contribution in [0.2, 0.25) is 5.02 Å². The van der Waals surface area contributed by atoms with Gasteiger partial charge in [0.05, 0.1) is 6.21 Å². The van der Waals surface area contributed by atoms with Gasteiger partial charge in [-0.05, 0) is 54.4 Å². The largest absolute Gasteiger partial charge is 0.483 e. The number of carbonyl (C=O) groups is 1. The molecule has 0 unspecified atom stereocenters. The number of hydrogen-bond acceptors (Lipinski definition) is 5. The highest BCUT2D eigenvalue weighted by atomic mass is 35.5. The van der Waals surface area contributed by atoms with Gasteiger partial charge in [-0.25, -0.2) is 5.43 Å². The zero-order valence-electron chi connectivity index (χ0n) is 12.9. The SMILES string of the molecule is Cc1cc(Cl)ccc1OCC(=O)N/N=C/c1ccc2c(c1)OCO2. The zero-order chi connectivity index (χ0) is 16.9. The molecule has 24 heavy (non-hydrogen) atoms. The third kappa shape index (κ3) is 3.97. The Bertz CT molecular complexity index is 792. The van der Waals surface area contributed by atoms with Crippen LogP contribution in [0.25, 0.3) is 0 Å². The first-order valence-corrected chi connectivity index (χ1v) is 7.60. The van der Waals surface area contributed by atoms with Gasteiger partial charge in [-0.1, -0.05) is 11.6 Å². The predicted octanol–water partition coefficient (Wildman–Crippen LogP) is 2.91. The summed E-state index contributed by atoms with van der Waals surface area (Å²) in [5.74, 6) is 1.60. The first kappa shape index (κ1) is 16.1. The first-order chi connectivity index (χ1) is 11.6. The molecule has 0 aliphatic carbocycles.